The van der Waals surface area contributed by atoms with Gasteiger partial charge in [-0.1, -0.05) is 51.5 Å². The van der Waals surface area contributed by atoms with E-state index in [1.807, 2.05) is 0 Å². The van der Waals surface area contributed by atoms with Crippen LogP contribution >= 0.6 is 0 Å². The third-order valence-electron chi connectivity index (χ3n) is 5.88. The van der Waals surface area contributed by atoms with Crippen LogP contribution in [0.3, 0.4) is 0 Å². The number of nitrogens with one attached hydrogen (secondary N) is 1. The van der Waals surface area contributed by atoms with Crippen molar-refractivity contribution in [3.05, 3.63) is 23.8 Å². The van der Waals surface area contributed by atoms with E-state index in [4.69, 9.17) is 15.2 Å². The number of phenolic OH excluding ortho intramolecular Hbond substituents is 1. The lowest BCUT2D eigenvalue weighted by Crippen LogP contribution is -2.63. The number of nitrogens with two attached hydrogens (primary N) is 1. The number of rotatable bonds is 13. The summed E-state index contributed by atoms with van der Waals surface area (Å²) in [5, 5.41) is 12.4. The van der Waals surface area contributed by atoms with Gasteiger partial charge in [-0.25, -0.2) is 4.79 Å². The highest BCUT2D eigenvalue weighted by Gasteiger charge is 2.45. The van der Waals surface area contributed by atoms with Gasteiger partial charge >= 0.3 is 6.09 Å². The molecule has 0 radical (unpaired) electrons. The number of carbonyl (C=O) groups is 2. The molecule has 0 aromatic heterocycles. The standard InChI is InChI=1S/C23H36N2O5/c1-3-4-5-6-7-8-9-10-18-16-23(21(24)27,25-22(28)30-18)14-13-17-11-12-19(26)20(15-17)29-2/h11-12,15,18,26H,3-10,13-14,16H2,1-2H3,(H2,24,27)(H,25,28)/t18-,23-/m0/s1. The Bertz CT molecular complexity index is 709. The van der Waals surface area contributed by atoms with Crippen molar-refractivity contribution in [1.29, 1.82) is 0 Å². The maximum atomic E-state index is 12.3. The summed E-state index contributed by atoms with van der Waals surface area (Å²) in [6.45, 7) is 2.20. The lowest BCUT2D eigenvalue weighted by atomic mass is 9.83. The number of alkyl carbamates (subject to hydrolysis) is 1. The van der Waals surface area contributed by atoms with Gasteiger partial charge in [0.2, 0.25) is 5.91 Å². The SMILES string of the molecule is CCCCCCCCC[C@H]1C[C@@](CCc2ccc(O)c(OC)c2)(C(N)=O)NC(=O)O1. The van der Waals surface area contributed by atoms with E-state index in [1.54, 1.807) is 18.2 Å². The molecule has 2 amide bonds. The van der Waals surface area contributed by atoms with Gasteiger partial charge in [-0.05, 0) is 43.4 Å². The van der Waals surface area contributed by atoms with Gasteiger partial charge < -0.3 is 25.6 Å². The minimum atomic E-state index is -1.13. The summed E-state index contributed by atoms with van der Waals surface area (Å²) < 4.78 is 10.6. The second-order valence-electron chi connectivity index (χ2n) is 8.22. The lowest BCUT2D eigenvalue weighted by Gasteiger charge is -2.39. The molecule has 2 rings (SSSR count). The maximum Gasteiger partial charge on any atom is 0.408 e. The summed E-state index contributed by atoms with van der Waals surface area (Å²) in [4.78, 5) is 24.5. The fourth-order valence-electron chi connectivity index (χ4n) is 4.03. The number of cyclic esters (lactones) is 1. The number of benzene rings is 1. The Kier molecular flexibility index (Phi) is 9.27. The minimum absolute atomic E-state index is 0.0555. The van der Waals surface area contributed by atoms with E-state index in [0.29, 0.717) is 25.0 Å². The molecule has 1 aliphatic heterocycles. The average Bonchev–Trinajstić information content (AvgIpc) is 2.72. The minimum Gasteiger partial charge on any atom is -0.504 e. The van der Waals surface area contributed by atoms with Gasteiger partial charge in [0.15, 0.2) is 11.5 Å². The third-order valence-corrected chi connectivity index (χ3v) is 5.88. The quantitative estimate of drug-likeness (QED) is 0.414. The molecule has 7 nitrogen and oxygen atoms in total. The number of primary amides is 1. The van der Waals surface area contributed by atoms with E-state index in [2.05, 4.69) is 12.2 Å². The molecule has 0 spiro atoms. The molecule has 2 atom stereocenters. The third kappa shape index (κ3) is 6.82. The molecular formula is C23H36N2O5. The Morgan fingerprint density at radius 3 is 2.63 bits per heavy atom. The topological polar surface area (TPSA) is 111 Å². The zero-order chi connectivity index (χ0) is 22.0. The van der Waals surface area contributed by atoms with Crippen LogP contribution in [0.4, 0.5) is 4.79 Å². The molecule has 1 aromatic carbocycles. The molecular weight excluding hydrogens is 384 g/mol. The number of phenols is 1. The van der Waals surface area contributed by atoms with E-state index in [9.17, 15) is 14.7 Å². The highest BCUT2D eigenvalue weighted by Crippen LogP contribution is 2.31. The van der Waals surface area contributed by atoms with Crippen molar-refractivity contribution in [2.75, 3.05) is 7.11 Å². The van der Waals surface area contributed by atoms with Crippen molar-refractivity contribution in [3.8, 4) is 11.5 Å². The van der Waals surface area contributed by atoms with Gasteiger partial charge in [0, 0.05) is 6.42 Å². The number of methoxy groups -OCH3 is 1. The molecule has 0 bridgehead atoms. The molecule has 0 aliphatic carbocycles. The van der Waals surface area contributed by atoms with Gasteiger partial charge in [0.25, 0.3) is 0 Å². The first-order valence-electron chi connectivity index (χ1n) is 11.0. The van der Waals surface area contributed by atoms with Crippen LogP contribution in [-0.2, 0) is 16.0 Å². The van der Waals surface area contributed by atoms with Crippen LogP contribution in [0.2, 0.25) is 0 Å². The Balaban J connectivity index is 1.93. The number of ether oxygens (including phenoxy) is 2. The summed E-state index contributed by atoms with van der Waals surface area (Å²) in [7, 11) is 1.48. The van der Waals surface area contributed by atoms with Gasteiger partial charge in [-0.2, -0.15) is 0 Å². The Morgan fingerprint density at radius 2 is 1.97 bits per heavy atom. The van der Waals surface area contributed by atoms with Crippen molar-refractivity contribution >= 4 is 12.0 Å². The highest BCUT2D eigenvalue weighted by molar-refractivity contribution is 5.89. The second-order valence-corrected chi connectivity index (χ2v) is 8.22. The summed E-state index contributed by atoms with van der Waals surface area (Å²) in [5.41, 5.74) is 5.47. The molecule has 4 N–H and O–H groups in total. The van der Waals surface area contributed by atoms with E-state index in [-0.39, 0.29) is 11.9 Å². The van der Waals surface area contributed by atoms with Crippen molar-refractivity contribution in [1.82, 2.24) is 5.32 Å². The molecule has 1 saturated heterocycles. The number of hydrogen-bond acceptors (Lipinski definition) is 5. The first-order chi connectivity index (χ1) is 14.4. The number of aromatic hydroxyl groups is 1. The molecule has 7 heteroatoms. The summed E-state index contributed by atoms with van der Waals surface area (Å²) >= 11 is 0. The van der Waals surface area contributed by atoms with Crippen LogP contribution in [0.1, 0.15) is 76.7 Å². The van der Waals surface area contributed by atoms with Crippen LogP contribution in [0, 0.1) is 0 Å². The fraction of sp³-hybridized carbons (Fsp3) is 0.652. The Morgan fingerprint density at radius 1 is 1.27 bits per heavy atom. The molecule has 1 fully saturated rings. The predicted octanol–water partition coefficient (Wildman–Crippen LogP) is 4.20. The molecule has 1 aromatic rings. The van der Waals surface area contributed by atoms with Crippen LogP contribution in [0.5, 0.6) is 11.5 Å². The van der Waals surface area contributed by atoms with Gasteiger partial charge in [-0.15, -0.1) is 0 Å². The molecule has 1 aliphatic rings. The monoisotopic (exact) mass is 420 g/mol. The lowest BCUT2D eigenvalue weighted by molar-refractivity contribution is -0.127. The second kappa shape index (κ2) is 11.7. The molecule has 1 heterocycles. The van der Waals surface area contributed by atoms with Crippen LogP contribution < -0.4 is 15.8 Å². The van der Waals surface area contributed by atoms with Crippen molar-refractivity contribution in [3.63, 3.8) is 0 Å². The number of aryl methyl sites for hydroxylation is 1. The molecule has 0 unspecified atom stereocenters. The Hall–Kier alpha value is -2.44. The van der Waals surface area contributed by atoms with Gasteiger partial charge in [0.05, 0.1) is 7.11 Å². The maximum absolute atomic E-state index is 12.3. The first-order valence-corrected chi connectivity index (χ1v) is 11.0. The summed E-state index contributed by atoms with van der Waals surface area (Å²) in [6, 6.07) is 5.04. The fourth-order valence-corrected chi connectivity index (χ4v) is 4.03. The van der Waals surface area contributed by atoms with E-state index < -0.39 is 17.5 Å². The van der Waals surface area contributed by atoms with Crippen LogP contribution in [0.15, 0.2) is 18.2 Å². The van der Waals surface area contributed by atoms with E-state index >= 15 is 0 Å². The molecule has 0 saturated carbocycles. The smallest absolute Gasteiger partial charge is 0.408 e. The number of carbonyl (C=O) groups excluding carboxylic acids is 2. The first kappa shape index (κ1) is 23.8. The molecule has 168 valence electrons. The normalized spacial score (nSPS) is 21.0. The Labute approximate surface area is 179 Å². The van der Waals surface area contributed by atoms with Gasteiger partial charge in [0.1, 0.15) is 11.6 Å². The largest absolute Gasteiger partial charge is 0.504 e. The number of unbranched alkanes of at least 4 members (excludes halogenated alkanes) is 6. The predicted molar refractivity (Wildman–Crippen MR) is 116 cm³/mol. The van der Waals surface area contributed by atoms with Crippen LogP contribution in [0.25, 0.3) is 0 Å². The summed E-state index contributed by atoms with van der Waals surface area (Å²) in [5.74, 6) is -0.122. The number of hydrogen-bond donors (Lipinski definition) is 3. The van der Waals surface area contributed by atoms with E-state index in [0.717, 1.165) is 24.8 Å². The number of amides is 2. The molecule has 30 heavy (non-hydrogen) atoms. The van der Waals surface area contributed by atoms with Crippen molar-refractivity contribution in [2.45, 2.75) is 89.2 Å². The van der Waals surface area contributed by atoms with Crippen molar-refractivity contribution in [2.24, 2.45) is 5.73 Å². The highest BCUT2D eigenvalue weighted by atomic mass is 16.6. The average molecular weight is 421 g/mol. The summed E-state index contributed by atoms with van der Waals surface area (Å²) in [6.07, 6.45) is 9.35. The van der Waals surface area contributed by atoms with Gasteiger partial charge in [-0.3, -0.25) is 4.79 Å². The van der Waals surface area contributed by atoms with E-state index in [1.165, 1.54) is 39.2 Å². The zero-order valence-electron chi connectivity index (χ0n) is 18.2. The van der Waals surface area contributed by atoms with Crippen molar-refractivity contribution < 1.29 is 24.2 Å². The van der Waals surface area contributed by atoms with Crippen LogP contribution in [-0.4, -0.2) is 35.9 Å². The zero-order valence-corrected chi connectivity index (χ0v) is 18.2.